The molecule has 0 saturated heterocycles. The molecule has 2 atom stereocenters. The van der Waals surface area contributed by atoms with E-state index in [-0.39, 0.29) is 19.8 Å². The molecular weight excluding hydrogens is 374 g/mol. The van der Waals surface area contributed by atoms with Gasteiger partial charge in [-0.15, -0.1) is 0 Å². The van der Waals surface area contributed by atoms with Gasteiger partial charge in [-0.3, -0.25) is 4.79 Å². The van der Waals surface area contributed by atoms with E-state index < -0.39 is 24.0 Å². The third-order valence-corrected chi connectivity index (χ3v) is 4.62. The van der Waals surface area contributed by atoms with Crippen molar-refractivity contribution in [2.24, 2.45) is 0 Å². The molecule has 1 aliphatic rings. The maximum atomic E-state index is 12.5. The van der Waals surface area contributed by atoms with Gasteiger partial charge in [-0.1, -0.05) is 36.4 Å². The summed E-state index contributed by atoms with van der Waals surface area (Å²) in [5.74, 6) is 0.0965. The van der Waals surface area contributed by atoms with Crippen molar-refractivity contribution >= 4 is 11.9 Å². The second-order valence-corrected chi connectivity index (χ2v) is 6.75. The van der Waals surface area contributed by atoms with Crippen molar-refractivity contribution in [1.82, 2.24) is 5.32 Å². The predicted molar refractivity (Wildman–Crippen MR) is 106 cm³/mol. The van der Waals surface area contributed by atoms with E-state index in [9.17, 15) is 14.7 Å². The number of hydrogen-bond acceptors (Lipinski definition) is 6. The van der Waals surface area contributed by atoms with Gasteiger partial charge in [0.15, 0.2) is 11.5 Å². The number of esters is 1. The number of benzene rings is 2. The molecule has 7 nitrogen and oxygen atoms in total. The van der Waals surface area contributed by atoms with Crippen LogP contribution in [0.2, 0.25) is 0 Å². The van der Waals surface area contributed by atoms with Gasteiger partial charge in [-0.2, -0.15) is 0 Å². The molecule has 2 N–H and O–H groups in total. The van der Waals surface area contributed by atoms with Crippen LogP contribution in [-0.4, -0.2) is 42.5 Å². The fraction of sp³-hybridized carbons (Fsp3) is 0.364. The Morgan fingerprint density at radius 2 is 1.86 bits per heavy atom. The Bertz CT molecular complexity index is 838. The van der Waals surface area contributed by atoms with Gasteiger partial charge in [0.1, 0.15) is 12.1 Å². The molecule has 0 bridgehead atoms. The van der Waals surface area contributed by atoms with E-state index in [0.717, 1.165) is 11.1 Å². The van der Waals surface area contributed by atoms with Crippen molar-refractivity contribution in [3.05, 3.63) is 59.7 Å². The Hall–Kier alpha value is -3.06. The fourth-order valence-corrected chi connectivity index (χ4v) is 3.10. The monoisotopic (exact) mass is 399 g/mol. The number of carbonyl (C=O) groups is 2. The number of carbonyl (C=O) groups excluding carboxylic acids is 2. The molecule has 0 saturated carbocycles. The first-order chi connectivity index (χ1) is 14.1. The number of aliphatic hydroxyl groups excluding tert-OH is 1. The van der Waals surface area contributed by atoms with E-state index >= 15 is 0 Å². The van der Waals surface area contributed by atoms with Crippen molar-refractivity contribution in [2.75, 3.05) is 13.4 Å². The summed E-state index contributed by atoms with van der Waals surface area (Å²) in [5.41, 5.74) is 1.78. The first-order valence-electron chi connectivity index (χ1n) is 9.64. The minimum absolute atomic E-state index is 0.0940. The molecule has 29 heavy (non-hydrogen) atoms. The summed E-state index contributed by atoms with van der Waals surface area (Å²) in [4.78, 5) is 24.7. The van der Waals surface area contributed by atoms with Gasteiger partial charge in [-0.25, -0.2) is 4.79 Å². The van der Waals surface area contributed by atoms with E-state index in [2.05, 4.69) is 5.32 Å². The maximum Gasteiger partial charge on any atom is 0.328 e. The van der Waals surface area contributed by atoms with Gasteiger partial charge >= 0.3 is 5.97 Å². The number of aliphatic hydroxyl groups is 1. The zero-order chi connectivity index (χ0) is 20.6. The largest absolute Gasteiger partial charge is 0.464 e. The highest BCUT2D eigenvalue weighted by molar-refractivity contribution is 5.87. The molecule has 2 aromatic carbocycles. The van der Waals surface area contributed by atoms with Crippen LogP contribution < -0.4 is 14.8 Å². The standard InChI is InChI=1S/C22H25NO6/c1-2-27-22(26)17(10-8-15-6-4-3-5-7-15)23-21(25)18(24)12-16-9-11-19-20(13-16)29-14-28-19/h3-7,9,11,13,17-18,24H,2,8,10,12,14H2,1H3,(H,23,25). The number of ether oxygens (including phenoxy) is 3. The summed E-state index contributed by atoms with van der Waals surface area (Å²) in [6, 6.07) is 14.1. The van der Waals surface area contributed by atoms with Crippen molar-refractivity contribution in [2.45, 2.75) is 38.3 Å². The SMILES string of the molecule is CCOC(=O)C(CCc1ccccc1)NC(=O)C(O)Cc1ccc2c(c1)OCO2. The van der Waals surface area contributed by atoms with Crippen LogP contribution in [0.4, 0.5) is 0 Å². The normalized spacial score (nSPS) is 14.1. The summed E-state index contributed by atoms with van der Waals surface area (Å²) in [7, 11) is 0. The Labute approximate surface area is 169 Å². The summed E-state index contributed by atoms with van der Waals surface area (Å²) < 4.78 is 15.6. The van der Waals surface area contributed by atoms with Crippen LogP contribution in [0, 0.1) is 0 Å². The zero-order valence-electron chi connectivity index (χ0n) is 16.3. The number of nitrogens with one attached hydrogen (secondary N) is 1. The number of hydrogen-bond donors (Lipinski definition) is 2. The molecule has 1 amide bonds. The Balaban J connectivity index is 1.59. The Kier molecular flexibility index (Phi) is 7.08. The molecule has 154 valence electrons. The minimum Gasteiger partial charge on any atom is -0.464 e. The number of fused-ring (bicyclic) bond motifs is 1. The quantitative estimate of drug-likeness (QED) is 0.627. The van der Waals surface area contributed by atoms with Gasteiger partial charge in [0.25, 0.3) is 0 Å². The lowest BCUT2D eigenvalue weighted by atomic mass is 10.0. The van der Waals surface area contributed by atoms with E-state index in [1.807, 2.05) is 30.3 Å². The minimum atomic E-state index is -1.30. The van der Waals surface area contributed by atoms with Crippen LogP contribution in [0.25, 0.3) is 0 Å². The molecule has 0 radical (unpaired) electrons. The predicted octanol–water partition coefficient (Wildman–Crippen LogP) is 2.00. The Morgan fingerprint density at radius 1 is 1.10 bits per heavy atom. The third kappa shape index (κ3) is 5.71. The molecule has 1 aliphatic heterocycles. The van der Waals surface area contributed by atoms with Crippen molar-refractivity contribution < 1.29 is 28.9 Å². The van der Waals surface area contributed by atoms with E-state index in [1.54, 1.807) is 25.1 Å². The summed E-state index contributed by atoms with van der Waals surface area (Å²) in [6.07, 6.45) is -0.228. The van der Waals surface area contributed by atoms with Crippen LogP contribution in [0.3, 0.4) is 0 Å². The number of amides is 1. The van der Waals surface area contributed by atoms with Crippen LogP contribution >= 0.6 is 0 Å². The van der Waals surface area contributed by atoms with E-state index in [0.29, 0.717) is 24.3 Å². The van der Waals surface area contributed by atoms with Crippen molar-refractivity contribution in [3.8, 4) is 11.5 Å². The lowest BCUT2D eigenvalue weighted by Crippen LogP contribution is -2.47. The first-order valence-corrected chi connectivity index (χ1v) is 9.64. The first kappa shape index (κ1) is 20.7. The molecule has 0 aliphatic carbocycles. The highest BCUT2D eigenvalue weighted by atomic mass is 16.7. The molecule has 1 heterocycles. The van der Waals surface area contributed by atoms with Crippen LogP contribution in [0.5, 0.6) is 11.5 Å². The molecule has 0 spiro atoms. The summed E-state index contributed by atoms with van der Waals surface area (Å²) in [6.45, 7) is 2.09. The molecule has 7 heteroatoms. The average molecular weight is 399 g/mol. The lowest BCUT2D eigenvalue weighted by Gasteiger charge is -2.19. The van der Waals surface area contributed by atoms with Crippen LogP contribution in [0.1, 0.15) is 24.5 Å². The van der Waals surface area contributed by atoms with E-state index in [1.165, 1.54) is 0 Å². The number of aryl methyl sites for hydroxylation is 1. The molecule has 0 aromatic heterocycles. The smallest absolute Gasteiger partial charge is 0.328 e. The molecule has 3 rings (SSSR count). The Morgan fingerprint density at radius 3 is 2.62 bits per heavy atom. The van der Waals surface area contributed by atoms with Crippen molar-refractivity contribution in [3.63, 3.8) is 0 Å². The lowest BCUT2D eigenvalue weighted by molar-refractivity contribution is -0.148. The average Bonchev–Trinajstić information content (AvgIpc) is 3.19. The molecule has 2 aromatic rings. The highest BCUT2D eigenvalue weighted by Crippen LogP contribution is 2.32. The summed E-state index contributed by atoms with van der Waals surface area (Å²) in [5, 5.41) is 13.0. The van der Waals surface area contributed by atoms with Gasteiger partial charge in [0.2, 0.25) is 12.7 Å². The summed E-state index contributed by atoms with van der Waals surface area (Å²) >= 11 is 0. The van der Waals surface area contributed by atoms with Crippen LogP contribution in [-0.2, 0) is 27.2 Å². The van der Waals surface area contributed by atoms with Gasteiger partial charge < -0.3 is 24.6 Å². The zero-order valence-corrected chi connectivity index (χ0v) is 16.3. The van der Waals surface area contributed by atoms with Crippen LogP contribution in [0.15, 0.2) is 48.5 Å². The second-order valence-electron chi connectivity index (χ2n) is 6.75. The molecule has 2 unspecified atom stereocenters. The van der Waals surface area contributed by atoms with Gasteiger partial charge in [-0.05, 0) is 43.0 Å². The second kappa shape index (κ2) is 9.93. The molecule has 0 fully saturated rings. The third-order valence-electron chi connectivity index (χ3n) is 4.62. The van der Waals surface area contributed by atoms with Gasteiger partial charge in [0, 0.05) is 6.42 Å². The maximum absolute atomic E-state index is 12.5. The van der Waals surface area contributed by atoms with Gasteiger partial charge in [0.05, 0.1) is 6.61 Å². The topological polar surface area (TPSA) is 94.1 Å². The molecular formula is C22H25NO6. The highest BCUT2D eigenvalue weighted by Gasteiger charge is 2.26. The van der Waals surface area contributed by atoms with Crippen molar-refractivity contribution in [1.29, 1.82) is 0 Å². The number of rotatable bonds is 9. The van der Waals surface area contributed by atoms with E-state index in [4.69, 9.17) is 14.2 Å². The fourth-order valence-electron chi connectivity index (χ4n) is 3.10.